The lowest BCUT2D eigenvalue weighted by molar-refractivity contribution is 0.0671. The van der Waals surface area contributed by atoms with Gasteiger partial charge in [0.05, 0.1) is 11.8 Å². The molecule has 1 atom stereocenters. The summed E-state index contributed by atoms with van der Waals surface area (Å²) in [4.78, 5) is 6.86. The number of aromatic nitrogens is 2. The van der Waals surface area contributed by atoms with Gasteiger partial charge in [-0.05, 0) is 37.5 Å². The summed E-state index contributed by atoms with van der Waals surface area (Å²) >= 11 is 0. The van der Waals surface area contributed by atoms with Crippen molar-refractivity contribution in [2.45, 2.75) is 39.0 Å². The zero-order valence-corrected chi connectivity index (χ0v) is 14.9. The van der Waals surface area contributed by atoms with Crippen molar-refractivity contribution in [3.05, 3.63) is 41.5 Å². The van der Waals surface area contributed by atoms with Gasteiger partial charge in [0.1, 0.15) is 5.82 Å². The fourth-order valence-corrected chi connectivity index (χ4v) is 3.48. The van der Waals surface area contributed by atoms with Gasteiger partial charge in [0.25, 0.3) is 0 Å². The minimum Gasteiger partial charge on any atom is -0.454 e. The van der Waals surface area contributed by atoms with Gasteiger partial charge >= 0.3 is 0 Å². The van der Waals surface area contributed by atoms with E-state index < -0.39 is 0 Å². The van der Waals surface area contributed by atoms with Gasteiger partial charge in [-0.15, -0.1) is 0 Å². The van der Waals surface area contributed by atoms with Crippen LogP contribution in [0.4, 0.5) is 0 Å². The number of hydrogen-bond acceptors (Lipinski definition) is 5. The molecule has 0 saturated carbocycles. The number of imidazole rings is 1. The van der Waals surface area contributed by atoms with Gasteiger partial charge in [-0.1, -0.05) is 6.07 Å². The van der Waals surface area contributed by atoms with E-state index in [0.29, 0.717) is 12.9 Å². The lowest BCUT2D eigenvalue weighted by Crippen LogP contribution is -2.32. The molecule has 0 spiro atoms. The molecule has 3 heterocycles. The highest BCUT2D eigenvalue weighted by atomic mass is 16.7. The fourth-order valence-electron chi connectivity index (χ4n) is 3.48. The van der Waals surface area contributed by atoms with Crippen LogP contribution in [0.1, 0.15) is 29.9 Å². The second kappa shape index (κ2) is 7.06. The first-order valence-corrected chi connectivity index (χ1v) is 8.89. The molecular weight excluding hydrogens is 318 g/mol. The average molecular weight is 343 g/mol. The average Bonchev–Trinajstić information content (AvgIpc) is 3.33. The van der Waals surface area contributed by atoms with Crippen LogP contribution < -0.4 is 9.47 Å². The molecule has 1 aromatic carbocycles. The Kier molecular flexibility index (Phi) is 4.63. The number of fused-ring (bicyclic) bond motifs is 1. The maximum atomic E-state index is 5.86. The number of rotatable bonds is 6. The first kappa shape index (κ1) is 16.4. The Labute approximate surface area is 148 Å². The Morgan fingerprint density at radius 1 is 1.24 bits per heavy atom. The van der Waals surface area contributed by atoms with Crippen molar-refractivity contribution in [2.75, 3.05) is 19.9 Å². The number of aryl methyl sites for hydroxylation is 1. The molecule has 2 aromatic rings. The summed E-state index contributed by atoms with van der Waals surface area (Å²) in [6.07, 6.45) is 4.59. The molecule has 1 unspecified atom stereocenters. The molecule has 6 heteroatoms. The third-order valence-electron chi connectivity index (χ3n) is 5.03. The number of hydrogen-bond donors (Lipinski definition) is 0. The monoisotopic (exact) mass is 343 g/mol. The van der Waals surface area contributed by atoms with Gasteiger partial charge < -0.3 is 18.8 Å². The SMILES string of the molecule is Cc1ncc(CN(Cc2ccc3c(c2)OCO3)CC2CCCO2)n1C. The van der Waals surface area contributed by atoms with E-state index >= 15 is 0 Å². The Hall–Kier alpha value is -2.05. The van der Waals surface area contributed by atoms with E-state index in [1.165, 1.54) is 11.3 Å². The second-order valence-corrected chi connectivity index (χ2v) is 6.85. The number of benzene rings is 1. The molecule has 6 nitrogen and oxygen atoms in total. The van der Waals surface area contributed by atoms with E-state index in [4.69, 9.17) is 14.2 Å². The molecule has 0 radical (unpaired) electrons. The summed E-state index contributed by atoms with van der Waals surface area (Å²) in [5.41, 5.74) is 2.44. The predicted molar refractivity (Wildman–Crippen MR) is 93.6 cm³/mol. The minimum absolute atomic E-state index is 0.312. The first-order valence-electron chi connectivity index (χ1n) is 8.89. The van der Waals surface area contributed by atoms with Gasteiger partial charge in [-0.25, -0.2) is 4.98 Å². The van der Waals surface area contributed by atoms with Crippen LogP contribution in [0.25, 0.3) is 0 Å². The van der Waals surface area contributed by atoms with E-state index in [2.05, 4.69) is 33.6 Å². The summed E-state index contributed by atoms with van der Waals surface area (Å²) in [6, 6.07) is 6.19. The number of nitrogens with zero attached hydrogens (tertiary/aromatic N) is 3. The van der Waals surface area contributed by atoms with Crippen molar-refractivity contribution in [2.24, 2.45) is 7.05 Å². The van der Waals surface area contributed by atoms with E-state index in [1.807, 2.05) is 19.2 Å². The van der Waals surface area contributed by atoms with E-state index in [9.17, 15) is 0 Å². The van der Waals surface area contributed by atoms with Crippen molar-refractivity contribution in [3.63, 3.8) is 0 Å². The van der Waals surface area contributed by atoms with Crippen LogP contribution in [0, 0.1) is 6.92 Å². The molecule has 1 fully saturated rings. The van der Waals surface area contributed by atoms with Crippen molar-refractivity contribution in [1.29, 1.82) is 0 Å². The van der Waals surface area contributed by atoms with E-state index in [-0.39, 0.29) is 0 Å². The largest absolute Gasteiger partial charge is 0.454 e. The van der Waals surface area contributed by atoms with Crippen LogP contribution in [0.15, 0.2) is 24.4 Å². The fraction of sp³-hybridized carbons (Fsp3) is 0.526. The van der Waals surface area contributed by atoms with Crippen LogP contribution >= 0.6 is 0 Å². The van der Waals surface area contributed by atoms with Gasteiger partial charge in [-0.2, -0.15) is 0 Å². The normalized spacial score (nSPS) is 19.1. The van der Waals surface area contributed by atoms with E-state index in [1.54, 1.807) is 0 Å². The third kappa shape index (κ3) is 3.65. The van der Waals surface area contributed by atoms with Crippen LogP contribution in [0.3, 0.4) is 0 Å². The molecule has 2 aliphatic rings. The summed E-state index contributed by atoms with van der Waals surface area (Å²) in [5, 5.41) is 0. The second-order valence-electron chi connectivity index (χ2n) is 6.85. The van der Waals surface area contributed by atoms with Crippen LogP contribution in [-0.2, 0) is 24.9 Å². The Morgan fingerprint density at radius 2 is 2.12 bits per heavy atom. The lowest BCUT2D eigenvalue weighted by atomic mass is 10.1. The van der Waals surface area contributed by atoms with Gasteiger partial charge in [0.15, 0.2) is 11.5 Å². The molecule has 1 aromatic heterocycles. The van der Waals surface area contributed by atoms with Gasteiger partial charge in [0, 0.05) is 39.5 Å². The Balaban J connectivity index is 1.50. The lowest BCUT2D eigenvalue weighted by Gasteiger charge is -2.25. The summed E-state index contributed by atoms with van der Waals surface area (Å²) in [7, 11) is 2.07. The molecule has 1 saturated heterocycles. The molecule has 0 N–H and O–H groups in total. The van der Waals surface area contributed by atoms with Crippen LogP contribution in [0.5, 0.6) is 11.5 Å². The quantitative estimate of drug-likeness (QED) is 0.807. The molecule has 25 heavy (non-hydrogen) atoms. The van der Waals surface area contributed by atoms with Crippen molar-refractivity contribution < 1.29 is 14.2 Å². The number of ether oxygens (including phenoxy) is 3. The molecule has 2 aliphatic heterocycles. The smallest absolute Gasteiger partial charge is 0.231 e. The maximum Gasteiger partial charge on any atom is 0.231 e. The molecule has 4 rings (SSSR count). The maximum absolute atomic E-state index is 5.86. The van der Waals surface area contributed by atoms with Gasteiger partial charge in [0.2, 0.25) is 6.79 Å². The molecule has 134 valence electrons. The highest BCUT2D eigenvalue weighted by Crippen LogP contribution is 2.33. The Bertz CT molecular complexity index is 738. The van der Waals surface area contributed by atoms with Crippen molar-refractivity contribution in [3.8, 4) is 11.5 Å². The summed E-state index contributed by atoms with van der Waals surface area (Å²) < 4.78 is 18.9. The Morgan fingerprint density at radius 3 is 2.88 bits per heavy atom. The molecule has 0 amide bonds. The minimum atomic E-state index is 0.312. The summed E-state index contributed by atoms with van der Waals surface area (Å²) in [5.74, 6) is 2.71. The standard InChI is InChI=1S/C19H25N3O3/c1-14-20-9-16(21(14)2)11-22(12-17-4-3-7-23-17)10-15-5-6-18-19(8-15)25-13-24-18/h5-6,8-9,17H,3-4,7,10-13H2,1-2H3. The molecule has 0 aliphatic carbocycles. The van der Waals surface area contributed by atoms with Crippen molar-refractivity contribution in [1.82, 2.24) is 14.5 Å². The van der Waals surface area contributed by atoms with E-state index in [0.717, 1.165) is 56.4 Å². The topological polar surface area (TPSA) is 48.8 Å². The van der Waals surface area contributed by atoms with Crippen LogP contribution in [-0.4, -0.2) is 40.5 Å². The highest BCUT2D eigenvalue weighted by Gasteiger charge is 2.21. The predicted octanol–water partition coefficient (Wildman–Crippen LogP) is 2.64. The first-order chi connectivity index (χ1) is 12.2. The zero-order chi connectivity index (χ0) is 17.2. The summed E-state index contributed by atoms with van der Waals surface area (Å²) in [6.45, 7) is 5.86. The molecule has 0 bridgehead atoms. The zero-order valence-electron chi connectivity index (χ0n) is 14.9. The van der Waals surface area contributed by atoms with Gasteiger partial charge in [-0.3, -0.25) is 4.90 Å². The van der Waals surface area contributed by atoms with Crippen LogP contribution in [0.2, 0.25) is 0 Å². The third-order valence-corrected chi connectivity index (χ3v) is 5.03. The van der Waals surface area contributed by atoms with Crippen molar-refractivity contribution >= 4 is 0 Å². The highest BCUT2D eigenvalue weighted by molar-refractivity contribution is 5.44. The molecular formula is C19H25N3O3.